The third kappa shape index (κ3) is 3.41. The summed E-state index contributed by atoms with van der Waals surface area (Å²) in [5.74, 6) is 5.70. The molecular weight excluding hydrogens is 254 g/mol. The fraction of sp³-hybridized carbons (Fsp3) is 0.400. The Morgan fingerprint density at radius 3 is 2.63 bits per heavy atom. The van der Waals surface area contributed by atoms with Crippen LogP contribution in [0.1, 0.15) is 39.5 Å². The summed E-state index contributed by atoms with van der Waals surface area (Å²) in [5.41, 5.74) is 6.58. The summed E-state index contributed by atoms with van der Waals surface area (Å²) in [6, 6.07) is 6.58. The second-order valence-electron chi connectivity index (χ2n) is 4.82. The third-order valence-electron chi connectivity index (χ3n) is 3.44. The lowest BCUT2D eigenvalue weighted by Gasteiger charge is -2.13. The molecule has 0 spiro atoms. The van der Waals surface area contributed by atoms with Gasteiger partial charge in [-0.3, -0.25) is 16.3 Å². The molecule has 3 nitrogen and oxygen atoms in total. The van der Waals surface area contributed by atoms with Gasteiger partial charge in [0.15, 0.2) is 0 Å². The van der Waals surface area contributed by atoms with E-state index in [0.29, 0.717) is 0 Å². The molecule has 19 heavy (non-hydrogen) atoms. The standard InChI is InChI=1S/C15H21N3S/c1-4-12-5-6-13(17-9-12)8-14(18-16)15-7-10(2)11(3)19-15/h5-7,9,14,18H,4,8,16H2,1-3H3. The molecule has 2 aromatic heterocycles. The number of nitrogens with two attached hydrogens (primary N) is 1. The summed E-state index contributed by atoms with van der Waals surface area (Å²) in [7, 11) is 0. The van der Waals surface area contributed by atoms with Crippen molar-refractivity contribution in [2.45, 2.75) is 39.7 Å². The van der Waals surface area contributed by atoms with Crippen LogP contribution in [0.5, 0.6) is 0 Å². The number of pyridine rings is 1. The molecule has 2 rings (SSSR count). The highest BCUT2D eigenvalue weighted by atomic mass is 32.1. The van der Waals surface area contributed by atoms with Gasteiger partial charge in [-0.1, -0.05) is 13.0 Å². The number of aryl methyl sites for hydroxylation is 3. The number of rotatable bonds is 5. The minimum Gasteiger partial charge on any atom is -0.271 e. The van der Waals surface area contributed by atoms with Crippen molar-refractivity contribution in [1.82, 2.24) is 10.4 Å². The molecule has 0 saturated carbocycles. The second-order valence-corrected chi connectivity index (χ2v) is 6.11. The van der Waals surface area contributed by atoms with E-state index in [1.807, 2.05) is 6.20 Å². The first-order valence-corrected chi connectivity index (χ1v) is 7.42. The number of aromatic nitrogens is 1. The van der Waals surface area contributed by atoms with Crippen LogP contribution in [0.25, 0.3) is 0 Å². The Morgan fingerprint density at radius 1 is 1.37 bits per heavy atom. The van der Waals surface area contributed by atoms with Crippen molar-refractivity contribution in [1.29, 1.82) is 0 Å². The number of hydrazine groups is 1. The maximum atomic E-state index is 5.70. The Labute approximate surface area is 118 Å². The highest BCUT2D eigenvalue weighted by molar-refractivity contribution is 7.12. The zero-order valence-corrected chi connectivity index (χ0v) is 12.6. The Bertz CT molecular complexity index is 511. The molecule has 0 saturated heterocycles. The van der Waals surface area contributed by atoms with Gasteiger partial charge in [0.1, 0.15) is 0 Å². The lowest BCUT2D eigenvalue weighted by atomic mass is 10.1. The summed E-state index contributed by atoms with van der Waals surface area (Å²) in [6.07, 6.45) is 3.79. The van der Waals surface area contributed by atoms with Crippen molar-refractivity contribution in [3.63, 3.8) is 0 Å². The van der Waals surface area contributed by atoms with Gasteiger partial charge in [-0.05, 0) is 43.5 Å². The van der Waals surface area contributed by atoms with Crippen LogP contribution in [0.3, 0.4) is 0 Å². The first kappa shape index (κ1) is 14.2. The summed E-state index contributed by atoms with van der Waals surface area (Å²) in [4.78, 5) is 7.13. The lowest BCUT2D eigenvalue weighted by molar-refractivity contribution is 0.554. The minimum atomic E-state index is 0.136. The maximum Gasteiger partial charge on any atom is 0.0608 e. The molecule has 0 fully saturated rings. The number of nitrogens with one attached hydrogen (secondary N) is 1. The van der Waals surface area contributed by atoms with Gasteiger partial charge in [-0.25, -0.2) is 0 Å². The van der Waals surface area contributed by atoms with Crippen LogP contribution >= 0.6 is 11.3 Å². The minimum absolute atomic E-state index is 0.136. The normalized spacial score (nSPS) is 12.6. The summed E-state index contributed by atoms with van der Waals surface area (Å²) >= 11 is 1.80. The fourth-order valence-electron chi connectivity index (χ4n) is 2.01. The molecule has 0 aliphatic carbocycles. The second kappa shape index (κ2) is 6.28. The Kier molecular flexibility index (Phi) is 4.69. The molecule has 102 valence electrons. The van der Waals surface area contributed by atoms with Gasteiger partial charge >= 0.3 is 0 Å². The smallest absolute Gasteiger partial charge is 0.0608 e. The van der Waals surface area contributed by atoms with E-state index in [9.17, 15) is 0 Å². The van der Waals surface area contributed by atoms with E-state index in [1.54, 1.807) is 11.3 Å². The van der Waals surface area contributed by atoms with Crippen LogP contribution < -0.4 is 11.3 Å². The third-order valence-corrected chi connectivity index (χ3v) is 4.70. The van der Waals surface area contributed by atoms with E-state index in [0.717, 1.165) is 18.5 Å². The van der Waals surface area contributed by atoms with Gasteiger partial charge in [0.2, 0.25) is 0 Å². The summed E-state index contributed by atoms with van der Waals surface area (Å²) in [5, 5.41) is 0. The van der Waals surface area contributed by atoms with Crippen LogP contribution in [0, 0.1) is 13.8 Å². The van der Waals surface area contributed by atoms with Crippen molar-refractivity contribution in [3.8, 4) is 0 Å². The van der Waals surface area contributed by atoms with Gasteiger partial charge < -0.3 is 0 Å². The van der Waals surface area contributed by atoms with Crippen LogP contribution in [-0.2, 0) is 12.8 Å². The Hall–Kier alpha value is -1.23. The monoisotopic (exact) mass is 275 g/mol. The number of thiophene rings is 1. The highest BCUT2D eigenvalue weighted by Crippen LogP contribution is 2.27. The quantitative estimate of drug-likeness (QED) is 0.651. The molecule has 0 bridgehead atoms. The van der Waals surface area contributed by atoms with E-state index in [2.05, 4.69) is 49.4 Å². The average molecular weight is 275 g/mol. The van der Waals surface area contributed by atoms with Gasteiger partial charge in [0.05, 0.1) is 6.04 Å². The molecule has 0 aliphatic rings. The van der Waals surface area contributed by atoms with E-state index < -0.39 is 0 Å². The van der Waals surface area contributed by atoms with Crippen LogP contribution in [0.2, 0.25) is 0 Å². The predicted molar refractivity (Wildman–Crippen MR) is 81.2 cm³/mol. The first-order valence-electron chi connectivity index (χ1n) is 6.61. The fourth-order valence-corrected chi connectivity index (χ4v) is 3.11. The van der Waals surface area contributed by atoms with E-state index in [-0.39, 0.29) is 6.04 Å². The SMILES string of the molecule is CCc1ccc(CC(NN)c2cc(C)c(C)s2)nc1. The number of nitrogens with zero attached hydrogens (tertiary/aromatic N) is 1. The van der Waals surface area contributed by atoms with Gasteiger partial charge in [0, 0.05) is 28.1 Å². The zero-order valence-electron chi connectivity index (χ0n) is 11.7. The van der Waals surface area contributed by atoms with Crippen molar-refractivity contribution < 1.29 is 0 Å². The van der Waals surface area contributed by atoms with E-state index in [1.165, 1.54) is 20.9 Å². The number of hydrogen-bond acceptors (Lipinski definition) is 4. The van der Waals surface area contributed by atoms with Gasteiger partial charge in [-0.15, -0.1) is 11.3 Å². The molecule has 3 N–H and O–H groups in total. The number of hydrogen-bond donors (Lipinski definition) is 2. The molecule has 1 unspecified atom stereocenters. The maximum absolute atomic E-state index is 5.70. The molecule has 0 aromatic carbocycles. The molecular formula is C15H21N3S. The van der Waals surface area contributed by atoms with Crippen molar-refractivity contribution in [2.24, 2.45) is 5.84 Å². The van der Waals surface area contributed by atoms with Crippen molar-refractivity contribution in [3.05, 3.63) is 51.0 Å². The molecule has 4 heteroatoms. The van der Waals surface area contributed by atoms with Crippen molar-refractivity contribution >= 4 is 11.3 Å². The topological polar surface area (TPSA) is 50.9 Å². The lowest BCUT2D eigenvalue weighted by Crippen LogP contribution is -2.29. The highest BCUT2D eigenvalue weighted by Gasteiger charge is 2.14. The van der Waals surface area contributed by atoms with E-state index in [4.69, 9.17) is 5.84 Å². The van der Waals surface area contributed by atoms with Gasteiger partial charge in [-0.2, -0.15) is 0 Å². The molecule has 1 atom stereocenters. The van der Waals surface area contributed by atoms with Crippen LogP contribution in [-0.4, -0.2) is 4.98 Å². The van der Waals surface area contributed by atoms with E-state index >= 15 is 0 Å². The average Bonchev–Trinajstić information content (AvgIpc) is 2.76. The predicted octanol–water partition coefficient (Wildman–Crippen LogP) is 3.07. The molecule has 0 amide bonds. The molecule has 0 radical (unpaired) electrons. The first-order chi connectivity index (χ1) is 9.13. The van der Waals surface area contributed by atoms with Crippen molar-refractivity contribution in [2.75, 3.05) is 0 Å². The molecule has 2 aromatic rings. The zero-order chi connectivity index (χ0) is 13.8. The van der Waals surface area contributed by atoms with Crippen LogP contribution in [0.4, 0.5) is 0 Å². The molecule has 0 aliphatic heterocycles. The van der Waals surface area contributed by atoms with Gasteiger partial charge in [0.25, 0.3) is 0 Å². The Balaban J connectivity index is 2.13. The molecule has 2 heterocycles. The van der Waals surface area contributed by atoms with Crippen LogP contribution in [0.15, 0.2) is 24.4 Å². The summed E-state index contributed by atoms with van der Waals surface area (Å²) in [6.45, 7) is 6.42. The largest absolute Gasteiger partial charge is 0.271 e. The summed E-state index contributed by atoms with van der Waals surface area (Å²) < 4.78 is 0. The Morgan fingerprint density at radius 2 is 2.16 bits per heavy atom.